The summed E-state index contributed by atoms with van der Waals surface area (Å²) in [5, 5.41) is 1.86. The number of amides is 1. The molecule has 2 heterocycles. The Morgan fingerprint density at radius 1 is 0.944 bits per heavy atom. The number of rotatable bonds is 7. The maximum Gasteiger partial charge on any atom is 0.253 e. The zero-order chi connectivity index (χ0) is 25.9. The minimum atomic E-state index is -4.47. The third kappa shape index (κ3) is 5.55. The van der Waals surface area contributed by atoms with E-state index in [1.807, 2.05) is 0 Å². The Hall–Kier alpha value is -3.76. The summed E-state index contributed by atoms with van der Waals surface area (Å²) in [5.41, 5.74) is -0.268. The minimum absolute atomic E-state index is 0.0140. The van der Waals surface area contributed by atoms with Crippen LogP contribution in [0.5, 0.6) is 0 Å². The number of hydrogen-bond acceptors (Lipinski definition) is 5. The van der Waals surface area contributed by atoms with Crippen molar-refractivity contribution in [2.24, 2.45) is 0 Å². The molecule has 0 saturated carbocycles. The average Bonchev–Trinajstić information content (AvgIpc) is 2.86. The van der Waals surface area contributed by atoms with Crippen LogP contribution in [0.4, 0.5) is 13.2 Å². The molecule has 0 radical (unpaired) electrons. The molecule has 4 rings (SSSR count). The highest BCUT2D eigenvalue weighted by Gasteiger charge is 2.28. The van der Waals surface area contributed by atoms with Gasteiger partial charge in [0, 0.05) is 17.6 Å². The van der Waals surface area contributed by atoms with Crippen molar-refractivity contribution in [3.63, 3.8) is 0 Å². The molecule has 2 aromatic carbocycles. The zero-order valence-electron chi connectivity index (χ0n) is 18.4. The second-order valence-corrected chi connectivity index (χ2v) is 9.94. The fourth-order valence-corrected chi connectivity index (χ4v) is 4.77. The number of nitrogens with one attached hydrogen (secondary N) is 1. The number of hydrogen-bond donors (Lipinski definition) is 1. The molecule has 0 aliphatic carbocycles. The van der Waals surface area contributed by atoms with Crippen LogP contribution < -0.4 is 5.32 Å². The van der Waals surface area contributed by atoms with E-state index in [2.05, 4.69) is 15.3 Å². The number of nitrogens with zero attached hydrogens (tertiary/aromatic N) is 2. The van der Waals surface area contributed by atoms with Crippen molar-refractivity contribution in [1.29, 1.82) is 0 Å². The molecule has 0 spiro atoms. The van der Waals surface area contributed by atoms with Crippen LogP contribution in [-0.2, 0) is 22.8 Å². The van der Waals surface area contributed by atoms with Crippen LogP contribution >= 0.6 is 11.6 Å². The van der Waals surface area contributed by atoms with Crippen molar-refractivity contribution in [2.45, 2.75) is 22.9 Å². The van der Waals surface area contributed by atoms with Gasteiger partial charge in [0.2, 0.25) is 9.84 Å². The Labute approximate surface area is 209 Å². The third-order valence-corrected chi connectivity index (χ3v) is 7.11. The van der Waals surface area contributed by atoms with Crippen LogP contribution in [0, 0.1) is 17.5 Å². The Morgan fingerprint density at radius 2 is 1.69 bits per heavy atom. The second kappa shape index (κ2) is 10.5. The molecular formula is C25H17ClF3N3O3S. The summed E-state index contributed by atoms with van der Waals surface area (Å²) in [4.78, 5) is 20.6. The summed E-state index contributed by atoms with van der Waals surface area (Å²) in [6, 6.07) is 13.5. The lowest BCUT2D eigenvalue weighted by Gasteiger charge is -2.14. The van der Waals surface area contributed by atoms with Crippen molar-refractivity contribution in [3.05, 3.63) is 118 Å². The molecule has 6 nitrogen and oxygen atoms in total. The fourth-order valence-electron chi connectivity index (χ4n) is 3.38. The minimum Gasteiger partial charge on any atom is -0.346 e. The van der Waals surface area contributed by atoms with Crippen LogP contribution in [0.2, 0.25) is 5.02 Å². The predicted octanol–water partition coefficient (Wildman–Crippen LogP) is 4.90. The molecule has 11 heteroatoms. The number of halogens is 4. The first-order chi connectivity index (χ1) is 17.1. The summed E-state index contributed by atoms with van der Waals surface area (Å²) in [6.45, 7) is -0.0140. The quantitative estimate of drug-likeness (QED) is 0.366. The predicted molar refractivity (Wildman–Crippen MR) is 126 cm³/mol. The van der Waals surface area contributed by atoms with E-state index in [1.54, 1.807) is 18.2 Å². The maximum absolute atomic E-state index is 15.1. The van der Waals surface area contributed by atoms with E-state index in [9.17, 15) is 22.0 Å². The smallest absolute Gasteiger partial charge is 0.253 e. The van der Waals surface area contributed by atoms with Crippen molar-refractivity contribution in [3.8, 4) is 0 Å². The summed E-state index contributed by atoms with van der Waals surface area (Å²) in [7, 11) is -4.47. The van der Waals surface area contributed by atoms with Crippen LogP contribution in [0.1, 0.15) is 27.3 Å². The Morgan fingerprint density at radius 3 is 2.39 bits per heavy atom. The molecule has 0 atom stereocenters. The van der Waals surface area contributed by atoms with Gasteiger partial charge in [0.25, 0.3) is 5.91 Å². The van der Waals surface area contributed by atoms with Gasteiger partial charge in [-0.25, -0.2) is 26.6 Å². The topological polar surface area (TPSA) is 89.0 Å². The Bertz CT molecular complexity index is 1530. The SMILES string of the molecule is O=C(NCc1ccccn1)c1cc(F)c(S(=O)(=O)c2ccc(Cl)cc2)nc1Cc1cc(F)ccc1F. The molecule has 0 saturated heterocycles. The molecule has 184 valence electrons. The van der Waals surface area contributed by atoms with Crippen LogP contribution in [0.3, 0.4) is 0 Å². The summed E-state index contributed by atoms with van der Waals surface area (Å²) >= 11 is 5.81. The summed E-state index contributed by atoms with van der Waals surface area (Å²) in [6.07, 6.45) is 1.05. The highest BCUT2D eigenvalue weighted by molar-refractivity contribution is 7.91. The van der Waals surface area contributed by atoms with Gasteiger partial charge in [-0.05, 0) is 66.2 Å². The fraction of sp³-hybridized carbons (Fsp3) is 0.0800. The van der Waals surface area contributed by atoms with Gasteiger partial charge in [-0.1, -0.05) is 17.7 Å². The van der Waals surface area contributed by atoms with Crippen molar-refractivity contribution < 1.29 is 26.4 Å². The van der Waals surface area contributed by atoms with Gasteiger partial charge in [-0.3, -0.25) is 9.78 Å². The van der Waals surface area contributed by atoms with E-state index >= 15 is 4.39 Å². The number of aromatic nitrogens is 2. The molecule has 36 heavy (non-hydrogen) atoms. The molecule has 0 aliphatic rings. The highest BCUT2D eigenvalue weighted by atomic mass is 35.5. The molecule has 1 N–H and O–H groups in total. The van der Waals surface area contributed by atoms with E-state index in [0.29, 0.717) is 5.69 Å². The Balaban J connectivity index is 1.78. The lowest BCUT2D eigenvalue weighted by atomic mass is 10.0. The standard InChI is InChI=1S/C25H17ClF3N3O3S/c26-16-4-7-19(8-5-16)36(34,35)25-22(29)13-20(24(33)31-14-18-3-1-2-10-30-18)23(32-25)12-15-11-17(27)6-9-21(15)28/h1-11,13H,12,14H2,(H,31,33). The van der Waals surface area contributed by atoms with Crippen LogP contribution in [-0.4, -0.2) is 24.3 Å². The maximum atomic E-state index is 15.1. The first kappa shape index (κ1) is 25.3. The lowest BCUT2D eigenvalue weighted by Crippen LogP contribution is -2.26. The first-order valence-electron chi connectivity index (χ1n) is 10.5. The number of benzene rings is 2. The molecule has 4 aromatic rings. The number of pyridine rings is 2. The molecule has 0 bridgehead atoms. The summed E-state index contributed by atoms with van der Waals surface area (Å²) < 4.78 is 69.4. The van der Waals surface area contributed by atoms with Gasteiger partial charge >= 0.3 is 0 Å². The van der Waals surface area contributed by atoms with Crippen molar-refractivity contribution in [1.82, 2.24) is 15.3 Å². The van der Waals surface area contributed by atoms with E-state index in [-0.39, 0.29) is 33.3 Å². The van der Waals surface area contributed by atoms with Crippen molar-refractivity contribution >= 4 is 27.3 Å². The molecule has 2 aromatic heterocycles. The normalized spacial score (nSPS) is 11.3. The first-order valence-corrected chi connectivity index (χ1v) is 12.3. The van der Waals surface area contributed by atoms with Crippen LogP contribution in [0.25, 0.3) is 0 Å². The van der Waals surface area contributed by atoms with E-state index in [1.165, 1.54) is 30.5 Å². The van der Waals surface area contributed by atoms with Gasteiger partial charge < -0.3 is 5.32 Å². The zero-order valence-corrected chi connectivity index (χ0v) is 20.0. The molecule has 0 aliphatic heterocycles. The van der Waals surface area contributed by atoms with Gasteiger partial charge in [0.1, 0.15) is 11.6 Å². The van der Waals surface area contributed by atoms with E-state index in [4.69, 9.17) is 11.6 Å². The van der Waals surface area contributed by atoms with E-state index < -0.39 is 44.6 Å². The largest absolute Gasteiger partial charge is 0.346 e. The highest BCUT2D eigenvalue weighted by Crippen LogP contribution is 2.26. The average molecular weight is 532 g/mol. The number of carbonyl (C=O) groups is 1. The van der Waals surface area contributed by atoms with Gasteiger partial charge in [0.15, 0.2) is 10.8 Å². The van der Waals surface area contributed by atoms with Gasteiger partial charge in [-0.2, -0.15) is 0 Å². The lowest BCUT2D eigenvalue weighted by molar-refractivity contribution is 0.0948. The molecular weight excluding hydrogens is 515 g/mol. The van der Waals surface area contributed by atoms with Crippen molar-refractivity contribution in [2.75, 3.05) is 0 Å². The monoisotopic (exact) mass is 531 g/mol. The third-order valence-electron chi connectivity index (χ3n) is 5.17. The van der Waals surface area contributed by atoms with Gasteiger partial charge in [0.05, 0.1) is 28.4 Å². The number of carbonyl (C=O) groups excluding carboxylic acids is 1. The van der Waals surface area contributed by atoms with Gasteiger partial charge in [-0.15, -0.1) is 0 Å². The number of sulfone groups is 1. The second-order valence-electron chi connectivity index (χ2n) is 7.64. The Kier molecular flexibility index (Phi) is 7.37. The summed E-state index contributed by atoms with van der Waals surface area (Å²) in [5.74, 6) is -3.63. The van der Waals surface area contributed by atoms with E-state index in [0.717, 1.165) is 24.3 Å². The molecule has 0 unspecified atom stereocenters. The van der Waals surface area contributed by atoms with Crippen LogP contribution in [0.15, 0.2) is 82.8 Å². The molecule has 0 fully saturated rings. The molecule has 1 amide bonds.